The van der Waals surface area contributed by atoms with Crippen LogP contribution >= 0.6 is 0 Å². The maximum Gasteiger partial charge on any atom is 0.224 e. The number of carbonyl (C=O) groups is 1. The number of anilines is 2. The Labute approximate surface area is 77.2 Å². The number of aromatic nitrogens is 1. The lowest BCUT2D eigenvalue weighted by atomic mass is 10.3. The molecule has 1 rings (SSSR count). The molecule has 1 heterocycles. The van der Waals surface area contributed by atoms with Crippen LogP contribution in [0.2, 0.25) is 0 Å². The van der Waals surface area contributed by atoms with E-state index in [1.54, 1.807) is 18.5 Å². The van der Waals surface area contributed by atoms with Crippen molar-refractivity contribution in [3.8, 4) is 0 Å². The Hall–Kier alpha value is -1.58. The smallest absolute Gasteiger partial charge is 0.224 e. The highest BCUT2D eigenvalue weighted by molar-refractivity contribution is 5.93. The maximum absolute atomic E-state index is 11.2. The van der Waals surface area contributed by atoms with Gasteiger partial charge >= 0.3 is 0 Å². The first-order chi connectivity index (χ1) is 6.24. The standard InChI is InChI=1S/C9H13N3O/c1-2-3-9(13)12-8-6-11-5-4-7(8)10/h4-6H,2-3H2,1H3,(H2,10,11)(H,12,13). The van der Waals surface area contributed by atoms with Crippen LogP contribution in [0.5, 0.6) is 0 Å². The van der Waals surface area contributed by atoms with Gasteiger partial charge in [0.2, 0.25) is 5.91 Å². The molecular formula is C9H13N3O. The first-order valence-corrected chi connectivity index (χ1v) is 4.23. The van der Waals surface area contributed by atoms with Crippen molar-refractivity contribution in [1.82, 2.24) is 4.98 Å². The molecule has 1 amide bonds. The van der Waals surface area contributed by atoms with Crippen LogP contribution < -0.4 is 11.1 Å². The zero-order chi connectivity index (χ0) is 9.68. The van der Waals surface area contributed by atoms with Crippen molar-refractivity contribution in [2.75, 3.05) is 11.1 Å². The molecule has 3 N–H and O–H groups in total. The first kappa shape index (κ1) is 9.51. The van der Waals surface area contributed by atoms with Crippen molar-refractivity contribution < 1.29 is 4.79 Å². The first-order valence-electron chi connectivity index (χ1n) is 4.23. The predicted molar refractivity (Wildman–Crippen MR) is 52.2 cm³/mol. The van der Waals surface area contributed by atoms with Gasteiger partial charge in [-0.2, -0.15) is 0 Å². The lowest BCUT2D eigenvalue weighted by Gasteiger charge is -2.05. The SMILES string of the molecule is CCCC(=O)Nc1cnccc1N. The van der Waals surface area contributed by atoms with Crippen LogP contribution in [0.1, 0.15) is 19.8 Å². The van der Waals surface area contributed by atoms with Crippen LogP contribution in [0.4, 0.5) is 11.4 Å². The van der Waals surface area contributed by atoms with Gasteiger partial charge < -0.3 is 11.1 Å². The van der Waals surface area contributed by atoms with Crippen LogP contribution in [0.3, 0.4) is 0 Å². The molecule has 0 aliphatic carbocycles. The van der Waals surface area contributed by atoms with Crippen molar-refractivity contribution >= 4 is 17.3 Å². The van der Waals surface area contributed by atoms with Gasteiger partial charge in [0, 0.05) is 12.6 Å². The zero-order valence-electron chi connectivity index (χ0n) is 7.58. The van der Waals surface area contributed by atoms with E-state index < -0.39 is 0 Å². The summed E-state index contributed by atoms with van der Waals surface area (Å²) < 4.78 is 0. The molecule has 0 aliphatic rings. The topological polar surface area (TPSA) is 68.0 Å². The van der Waals surface area contributed by atoms with E-state index in [9.17, 15) is 4.79 Å². The van der Waals surface area contributed by atoms with E-state index in [2.05, 4.69) is 10.3 Å². The highest BCUT2D eigenvalue weighted by Gasteiger charge is 2.02. The van der Waals surface area contributed by atoms with E-state index in [0.29, 0.717) is 17.8 Å². The van der Waals surface area contributed by atoms with Gasteiger partial charge in [-0.3, -0.25) is 9.78 Å². The minimum absolute atomic E-state index is 0.0257. The Morgan fingerprint density at radius 1 is 1.69 bits per heavy atom. The fourth-order valence-electron chi connectivity index (χ4n) is 0.949. The number of rotatable bonds is 3. The Bertz CT molecular complexity index is 299. The minimum atomic E-state index is -0.0257. The van der Waals surface area contributed by atoms with Crippen molar-refractivity contribution in [3.05, 3.63) is 18.5 Å². The highest BCUT2D eigenvalue weighted by atomic mass is 16.1. The van der Waals surface area contributed by atoms with Crippen molar-refractivity contribution in [2.24, 2.45) is 0 Å². The van der Waals surface area contributed by atoms with E-state index in [0.717, 1.165) is 6.42 Å². The molecule has 4 nitrogen and oxygen atoms in total. The van der Waals surface area contributed by atoms with Crippen LogP contribution in [0, 0.1) is 0 Å². The average molecular weight is 179 g/mol. The number of hydrogen-bond donors (Lipinski definition) is 2. The normalized spacial score (nSPS) is 9.62. The second-order valence-electron chi connectivity index (χ2n) is 2.76. The summed E-state index contributed by atoms with van der Waals surface area (Å²) in [5.41, 5.74) is 6.74. The minimum Gasteiger partial charge on any atom is -0.397 e. The number of pyridine rings is 1. The Morgan fingerprint density at radius 2 is 2.46 bits per heavy atom. The Morgan fingerprint density at radius 3 is 3.08 bits per heavy atom. The van der Waals surface area contributed by atoms with E-state index in [1.807, 2.05) is 6.92 Å². The Balaban J connectivity index is 2.63. The number of nitrogens with one attached hydrogen (secondary N) is 1. The molecule has 0 fully saturated rings. The largest absolute Gasteiger partial charge is 0.397 e. The summed E-state index contributed by atoms with van der Waals surface area (Å²) in [4.78, 5) is 15.0. The van der Waals surface area contributed by atoms with Crippen LogP contribution in [0.25, 0.3) is 0 Å². The molecule has 0 radical (unpaired) electrons. The van der Waals surface area contributed by atoms with E-state index in [4.69, 9.17) is 5.73 Å². The second-order valence-corrected chi connectivity index (χ2v) is 2.76. The van der Waals surface area contributed by atoms with Gasteiger partial charge in [0.05, 0.1) is 17.6 Å². The number of amides is 1. The number of nitrogens with zero attached hydrogens (tertiary/aromatic N) is 1. The van der Waals surface area contributed by atoms with Crippen molar-refractivity contribution in [1.29, 1.82) is 0 Å². The predicted octanol–water partition coefficient (Wildman–Crippen LogP) is 1.40. The molecule has 13 heavy (non-hydrogen) atoms. The molecule has 0 saturated carbocycles. The third kappa shape index (κ3) is 2.74. The van der Waals surface area contributed by atoms with Crippen LogP contribution in [-0.2, 0) is 4.79 Å². The van der Waals surface area contributed by atoms with Crippen molar-refractivity contribution in [2.45, 2.75) is 19.8 Å². The molecular weight excluding hydrogens is 166 g/mol. The van der Waals surface area contributed by atoms with Gasteiger partial charge in [-0.15, -0.1) is 0 Å². The quantitative estimate of drug-likeness (QED) is 0.737. The summed E-state index contributed by atoms with van der Waals surface area (Å²) in [5.74, 6) is -0.0257. The highest BCUT2D eigenvalue weighted by Crippen LogP contribution is 2.15. The summed E-state index contributed by atoms with van der Waals surface area (Å²) >= 11 is 0. The van der Waals surface area contributed by atoms with Gasteiger partial charge in [0.1, 0.15) is 0 Å². The maximum atomic E-state index is 11.2. The van der Waals surface area contributed by atoms with Gasteiger partial charge in [-0.05, 0) is 12.5 Å². The van der Waals surface area contributed by atoms with Gasteiger partial charge in [0.15, 0.2) is 0 Å². The second kappa shape index (κ2) is 4.45. The molecule has 1 aromatic heterocycles. The summed E-state index contributed by atoms with van der Waals surface area (Å²) in [6, 6.07) is 1.65. The third-order valence-electron chi connectivity index (χ3n) is 1.61. The van der Waals surface area contributed by atoms with Crippen molar-refractivity contribution in [3.63, 3.8) is 0 Å². The zero-order valence-corrected chi connectivity index (χ0v) is 7.58. The summed E-state index contributed by atoms with van der Waals surface area (Å²) in [5, 5.41) is 2.68. The Kier molecular flexibility index (Phi) is 3.25. The fourth-order valence-corrected chi connectivity index (χ4v) is 0.949. The van der Waals surface area contributed by atoms with Gasteiger partial charge in [-0.25, -0.2) is 0 Å². The lowest BCUT2D eigenvalue weighted by molar-refractivity contribution is -0.116. The van der Waals surface area contributed by atoms with Crippen LogP contribution in [0.15, 0.2) is 18.5 Å². The molecule has 4 heteroatoms. The molecule has 70 valence electrons. The number of nitrogens with two attached hydrogens (primary N) is 1. The number of nitrogen functional groups attached to an aromatic ring is 1. The van der Waals surface area contributed by atoms with Crippen LogP contribution in [-0.4, -0.2) is 10.9 Å². The molecule has 0 saturated heterocycles. The molecule has 1 aromatic rings. The van der Waals surface area contributed by atoms with E-state index >= 15 is 0 Å². The molecule has 0 unspecified atom stereocenters. The fraction of sp³-hybridized carbons (Fsp3) is 0.333. The molecule has 0 aliphatic heterocycles. The van der Waals surface area contributed by atoms with E-state index in [1.165, 1.54) is 0 Å². The summed E-state index contributed by atoms with van der Waals surface area (Å²) in [7, 11) is 0. The van der Waals surface area contributed by atoms with E-state index in [-0.39, 0.29) is 5.91 Å². The number of carbonyl (C=O) groups excluding carboxylic acids is 1. The monoisotopic (exact) mass is 179 g/mol. The molecule has 0 atom stereocenters. The summed E-state index contributed by atoms with van der Waals surface area (Å²) in [6.07, 6.45) is 4.47. The number of hydrogen-bond acceptors (Lipinski definition) is 3. The molecule has 0 aromatic carbocycles. The lowest BCUT2D eigenvalue weighted by Crippen LogP contribution is -2.12. The third-order valence-corrected chi connectivity index (χ3v) is 1.61. The van der Waals surface area contributed by atoms with Gasteiger partial charge in [0.25, 0.3) is 0 Å². The van der Waals surface area contributed by atoms with Gasteiger partial charge in [-0.1, -0.05) is 6.92 Å². The summed E-state index contributed by atoms with van der Waals surface area (Å²) in [6.45, 7) is 1.95. The average Bonchev–Trinajstić information content (AvgIpc) is 2.09. The molecule has 0 bridgehead atoms. The molecule has 0 spiro atoms.